The number of fused-ring (bicyclic) bond motifs is 1. The standard InChI is InChI=1S/C23H31N6O2S/c1-12-9-18-20(14(3)29(12)31)27-22(32-18)19-13(2)24-23(26-16-5-4-6-16)28-21(19)25-17-8-7-15(10-17)11-30/h9,15-17,30-31H,4-8,10-11H2,1-3H3,(H2,24,25,26,28)/q+1. The summed E-state index contributed by atoms with van der Waals surface area (Å²) in [5.41, 5.74) is 4.09. The highest BCUT2D eigenvalue weighted by Crippen LogP contribution is 2.38. The zero-order valence-electron chi connectivity index (χ0n) is 18.9. The molecule has 0 bridgehead atoms. The number of anilines is 2. The molecule has 2 aliphatic rings. The van der Waals surface area contributed by atoms with Crippen LogP contribution in [0.15, 0.2) is 6.07 Å². The van der Waals surface area contributed by atoms with E-state index < -0.39 is 0 Å². The Balaban J connectivity index is 1.57. The second-order valence-electron chi connectivity index (χ2n) is 9.25. The molecular formula is C23H31N6O2S+. The zero-order valence-corrected chi connectivity index (χ0v) is 19.7. The van der Waals surface area contributed by atoms with Gasteiger partial charge in [0.25, 0.3) is 5.69 Å². The third-order valence-electron chi connectivity index (χ3n) is 6.87. The van der Waals surface area contributed by atoms with E-state index in [1.807, 2.05) is 26.8 Å². The first-order valence-corrected chi connectivity index (χ1v) is 12.3. The van der Waals surface area contributed by atoms with Gasteiger partial charge in [-0.1, -0.05) is 0 Å². The summed E-state index contributed by atoms with van der Waals surface area (Å²) in [6.07, 6.45) is 6.54. The largest absolute Gasteiger partial charge is 0.396 e. The molecule has 3 heterocycles. The van der Waals surface area contributed by atoms with Crippen molar-refractivity contribution in [1.82, 2.24) is 15.0 Å². The van der Waals surface area contributed by atoms with Crippen LogP contribution in [0, 0.1) is 26.7 Å². The van der Waals surface area contributed by atoms with Gasteiger partial charge < -0.3 is 15.7 Å². The van der Waals surface area contributed by atoms with Gasteiger partial charge in [0.15, 0.2) is 5.52 Å². The lowest BCUT2D eigenvalue weighted by molar-refractivity contribution is -0.911. The molecule has 0 radical (unpaired) electrons. The minimum absolute atomic E-state index is 0.236. The van der Waals surface area contributed by atoms with Crippen LogP contribution in [0.2, 0.25) is 0 Å². The van der Waals surface area contributed by atoms with E-state index in [2.05, 4.69) is 10.6 Å². The van der Waals surface area contributed by atoms with E-state index in [0.29, 0.717) is 17.9 Å². The third kappa shape index (κ3) is 3.88. The molecule has 4 N–H and O–H groups in total. The molecular weight excluding hydrogens is 424 g/mol. The lowest BCUT2D eigenvalue weighted by Crippen LogP contribution is -2.37. The Morgan fingerprint density at radius 3 is 2.56 bits per heavy atom. The molecule has 5 rings (SSSR count). The number of aryl methyl sites for hydroxylation is 3. The molecule has 2 aliphatic carbocycles. The highest BCUT2D eigenvalue weighted by Gasteiger charge is 2.28. The van der Waals surface area contributed by atoms with Crippen LogP contribution in [0.1, 0.15) is 55.6 Å². The third-order valence-corrected chi connectivity index (χ3v) is 7.89. The average Bonchev–Trinajstić information content (AvgIpc) is 3.36. The minimum atomic E-state index is 0.236. The van der Waals surface area contributed by atoms with Gasteiger partial charge in [0.05, 0.1) is 16.0 Å². The lowest BCUT2D eigenvalue weighted by Gasteiger charge is -2.27. The number of hydrogen-bond acceptors (Lipinski definition) is 8. The maximum atomic E-state index is 10.3. The van der Waals surface area contributed by atoms with Crippen LogP contribution in [0.3, 0.4) is 0 Å². The van der Waals surface area contributed by atoms with Crippen LogP contribution in [0.4, 0.5) is 11.8 Å². The van der Waals surface area contributed by atoms with E-state index in [1.54, 1.807) is 11.3 Å². The SMILES string of the molecule is Cc1nc(NC2CCC2)nc(NC2CCC(CO)C2)c1-c1nc2c(C)[n+](O)c(C)cc2s1. The van der Waals surface area contributed by atoms with Gasteiger partial charge in [0.1, 0.15) is 10.8 Å². The molecule has 2 fully saturated rings. The van der Waals surface area contributed by atoms with Crippen molar-refractivity contribution in [3.8, 4) is 10.6 Å². The molecule has 8 nitrogen and oxygen atoms in total. The van der Waals surface area contributed by atoms with E-state index in [9.17, 15) is 10.3 Å². The summed E-state index contributed by atoms with van der Waals surface area (Å²) in [5.74, 6) is 1.81. The Morgan fingerprint density at radius 1 is 1.06 bits per heavy atom. The van der Waals surface area contributed by atoms with Crippen molar-refractivity contribution in [3.05, 3.63) is 23.1 Å². The van der Waals surface area contributed by atoms with Crippen LogP contribution in [-0.2, 0) is 0 Å². The molecule has 9 heteroatoms. The summed E-state index contributed by atoms with van der Waals surface area (Å²) in [6, 6.07) is 2.68. The Kier molecular flexibility index (Phi) is 5.63. The zero-order chi connectivity index (χ0) is 22.4. The highest BCUT2D eigenvalue weighted by atomic mass is 32.1. The molecule has 3 aromatic heterocycles. The van der Waals surface area contributed by atoms with Crippen molar-refractivity contribution in [2.45, 2.75) is 71.4 Å². The number of nitrogens with zero attached hydrogens (tertiary/aromatic N) is 4. The molecule has 2 unspecified atom stereocenters. The molecule has 0 amide bonds. The Morgan fingerprint density at radius 2 is 1.88 bits per heavy atom. The fraction of sp³-hybridized carbons (Fsp3) is 0.565. The smallest absolute Gasteiger partial charge is 0.258 e. The first-order chi connectivity index (χ1) is 15.4. The van der Waals surface area contributed by atoms with Crippen LogP contribution in [0.5, 0.6) is 0 Å². The monoisotopic (exact) mass is 455 g/mol. The summed E-state index contributed by atoms with van der Waals surface area (Å²) in [6.45, 7) is 6.00. The topological polar surface area (TPSA) is 107 Å². The number of rotatable bonds is 6. The number of thiazole rings is 1. The molecule has 170 valence electrons. The number of hydrogen-bond donors (Lipinski definition) is 4. The first kappa shape index (κ1) is 21.3. The average molecular weight is 456 g/mol. The van der Waals surface area contributed by atoms with Crippen molar-refractivity contribution >= 4 is 33.3 Å². The van der Waals surface area contributed by atoms with Gasteiger partial charge in [0, 0.05) is 43.3 Å². The van der Waals surface area contributed by atoms with Crippen molar-refractivity contribution in [3.63, 3.8) is 0 Å². The van der Waals surface area contributed by atoms with E-state index in [0.717, 1.165) is 75.8 Å². The molecule has 0 saturated heterocycles. The Bertz CT molecular complexity index is 1160. The summed E-state index contributed by atoms with van der Waals surface area (Å²) in [7, 11) is 0. The van der Waals surface area contributed by atoms with Crippen molar-refractivity contribution in [2.24, 2.45) is 5.92 Å². The number of nitrogens with one attached hydrogen (secondary N) is 2. The maximum absolute atomic E-state index is 10.3. The number of pyridine rings is 1. The summed E-state index contributed by atoms with van der Waals surface area (Å²) >= 11 is 1.60. The minimum Gasteiger partial charge on any atom is -0.396 e. The van der Waals surface area contributed by atoms with Gasteiger partial charge in [0.2, 0.25) is 11.6 Å². The quantitative estimate of drug-likeness (QED) is 0.331. The molecule has 3 aromatic rings. The summed E-state index contributed by atoms with van der Waals surface area (Å²) in [4.78, 5) is 14.6. The Labute approximate surface area is 191 Å². The molecule has 0 aliphatic heterocycles. The number of aromatic nitrogens is 4. The normalized spacial score (nSPS) is 21.1. The summed E-state index contributed by atoms with van der Waals surface area (Å²) in [5, 5.41) is 27.8. The highest BCUT2D eigenvalue weighted by molar-refractivity contribution is 7.21. The van der Waals surface area contributed by atoms with Gasteiger partial charge in [-0.05, 0) is 51.4 Å². The van der Waals surface area contributed by atoms with Crippen LogP contribution < -0.4 is 15.4 Å². The van der Waals surface area contributed by atoms with Crippen molar-refractivity contribution < 1.29 is 15.0 Å². The van der Waals surface area contributed by atoms with Gasteiger partial charge in [-0.2, -0.15) is 4.98 Å². The van der Waals surface area contributed by atoms with E-state index in [4.69, 9.17) is 15.0 Å². The van der Waals surface area contributed by atoms with Gasteiger partial charge in [-0.3, -0.25) is 5.21 Å². The molecule has 32 heavy (non-hydrogen) atoms. The fourth-order valence-corrected chi connectivity index (χ4v) is 5.92. The van der Waals surface area contributed by atoms with Crippen molar-refractivity contribution in [2.75, 3.05) is 17.2 Å². The number of aliphatic hydroxyl groups is 1. The van der Waals surface area contributed by atoms with Crippen molar-refractivity contribution in [1.29, 1.82) is 0 Å². The maximum Gasteiger partial charge on any atom is 0.258 e. The molecule has 0 spiro atoms. The molecule has 2 atom stereocenters. The van der Waals surface area contributed by atoms with Gasteiger partial charge in [-0.15, -0.1) is 11.3 Å². The van der Waals surface area contributed by atoms with E-state index >= 15 is 0 Å². The predicted molar refractivity (Wildman–Crippen MR) is 125 cm³/mol. The van der Waals surface area contributed by atoms with Crippen LogP contribution in [-0.4, -0.2) is 44.0 Å². The van der Waals surface area contributed by atoms with Gasteiger partial charge >= 0.3 is 0 Å². The van der Waals surface area contributed by atoms with Gasteiger partial charge in [-0.25, -0.2) is 9.97 Å². The number of aliphatic hydroxyl groups excluding tert-OH is 1. The second kappa shape index (κ2) is 8.44. The first-order valence-electron chi connectivity index (χ1n) is 11.5. The lowest BCUT2D eigenvalue weighted by atomic mass is 9.93. The second-order valence-corrected chi connectivity index (χ2v) is 10.3. The summed E-state index contributed by atoms with van der Waals surface area (Å²) < 4.78 is 2.22. The van der Waals surface area contributed by atoms with E-state index in [-0.39, 0.29) is 12.6 Å². The van der Waals surface area contributed by atoms with Crippen LogP contribution >= 0.6 is 11.3 Å². The van der Waals surface area contributed by atoms with E-state index in [1.165, 1.54) is 11.2 Å². The fourth-order valence-electron chi connectivity index (χ4n) is 4.71. The van der Waals surface area contributed by atoms with Crippen LogP contribution in [0.25, 0.3) is 20.8 Å². The predicted octanol–water partition coefficient (Wildman–Crippen LogP) is 3.74. The Hall–Kier alpha value is -2.52. The molecule has 2 saturated carbocycles. The molecule has 0 aromatic carbocycles.